The summed E-state index contributed by atoms with van der Waals surface area (Å²) < 4.78 is 0. The molecular weight excluding hydrogens is 120 g/mol. The Morgan fingerprint density at radius 2 is 1.90 bits per heavy atom. The Hall–Kier alpha value is -0.260. The second-order valence-corrected chi connectivity index (χ2v) is 2.90. The first kappa shape index (κ1) is 9.74. The Labute approximate surface area is 65.3 Å². The van der Waals surface area contributed by atoms with Crippen LogP contribution in [0.15, 0.2) is 11.6 Å². The van der Waals surface area contributed by atoms with E-state index in [0.717, 1.165) is 0 Å². The molecular formula is C10H20. The second kappa shape index (κ2) is 6.85. The first-order chi connectivity index (χ1) is 4.81. The third-order valence-corrected chi connectivity index (χ3v) is 1.86. The van der Waals surface area contributed by atoms with E-state index in [1.54, 1.807) is 0 Å². The highest BCUT2D eigenvalue weighted by Gasteiger charge is 1.84. The fourth-order valence-electron chi connectivity index (χ4n) is 0.887. The molecule has 10 heavy (non-hydrogen) atoms. The molecule has 0 aromatic heterocycles. The molecule has 60 valence electrons. The van der Waals surface area contributed by atoms with Gasteiger partial charge in [0, 0.05) is 0 Å². The summed E-state index contributed by atoms with van der Waals surface area (Å²) >= 11 is 0. The van der Waals surface area contributed by atoms with E-state index in [4.69, 9.17) is 0 Å². The van der Waals surface area contributed by atoms with Crippen LogP contribution in [0.3, 0.4) is 0 Å². The number of hydrogen-bond donors (Lipinski definition) is 0. The van der Waals surface area contributed by atoms with Crippen LogP contribution in [0.4, 0.5) is 0 Å². The van der Waals surface area contributed by atoms with Gasteiger partial charge in [0.2, 0.25) is 0 Å². The average molecular weight is 140 g/mol. The molecule has 0 saturated heterocycles. The van der Waals surface area contributed by atoms with Crippen molar-refractivity contribution in [1.29, 1.82) is 0 Å². The van der Waals surface area contributed by atoms with E-state index >= 15 is 0 Å². The van der Waals surface area contributed by atoms with Crippen LogP contribution in [-0.2, 0) is 0 Å². The van der Waals surface area contributed by atoms with E-state index < -0.39 is 0 Å². The molecule has 0 spiro atoms. The minimum absolute atomic E-state index is 1.21. The van der Waals surface area contributed by atoms with Gasteiger partial charge in [-0.15, -0.1) is 0 Å². The van der Waals surface area contributed by atoms with E-state index in [2.05, 4.69) is 26.8 Å². The lowest BCUT2D eigenvalue weighted by Crippen LogP contribution is -1.74. The third-order valence-electron chi connectivity index (χ3n) is 1.86. The summed E-state index contributed by atoms with van der Waals surface area (Å²) in [5, 5.41) is 0. The smallest absolute Gasteiger partial charge is 0.0348 e. The maximum Gasteiger partial charge on any atom is -0.0348 e. The normalized spacial score (nSPS) is 12.1. The SMILES string of the molecule is CCCCCC=C(C)CC. The van der Waals surface area contributed by atoms with Crippen molar-refractivity contribution >= 4 is 0 Å². The summed E-state index contributed by atoms with van der Waals surface area (Å²) in [5.74, 6) is 0. The highest BCUT2D eigenvalue weighted by Crippen LogP contribution is 2.04. The zero-order valence-corrected chi connectivity index (χ0v) is 7.61. The predicted octanol–water partition coefficient (Wildman–Crippen LogP) is 3.92. The van der Waals surface area contributed by atoms with E-state index in [0.29, 0.717) is 0 Å². The standard InChI is InChI=1S/C10H20/c1-4-6-7-8-9-10(3)5-2/h9H,4-8H2,1-3H3. The summed E-state index contributed by atoms with van der Waals surface area (Å²) in [4.78, 5) is 0. The molecule has 0 atom stereocenters. The molecule has 0 rings (SSSR count). The molecule has 0 bridgehead atoms. The van der Waals surface area contributed by atoms with Crippen LogP contribution < -0.4 is 0 Å². The number of hydrogen-bond acceptors (Lipinski definition) is 0. The summed E-state index contributed by atoms with van der Waals surface area (Å²) in [6.45, 7) is 6.67. The topological polar surface area (TPSA) is 0 Å². The molecule has 0 unspecified atom stereocenters. The van der Waals surface area contributed by atoms with Crippen molar-refractivity contribution < 1.29 is 0 Å². The fraction of sp³-hybridized carbons (Fsp3) is 0.800. The van der Waals surface area contributed by atoms with Gasteiger partial charge in [0.25, 0.3) is 0 Å². The van der Waals surface area contributed by atoms with Crippen molar-refractivity contribution in [3.05, 3.63) is 11.6 Å². The molecule has 0 aromatic rings. The number of rotatable bonds is 5. The highest BCUT2D eigenvalue weighted by molar-refractivity contribution is 4.96. The molecule has 0 saturated carbocycles. The molecule has 0 aromatic carbocycles. The van der Waals surface area contributed by atoms with E-state index in [-0.39, 0.29) is 0 Å². The molecule has 0 nitrogen and oxygen atoms in total. The molecule has 0 N–H and O–H groups in total. The largest absolute Gasteiger partial charge is 0.0856 e. The Balaban J connectivity index is 3.16. The van der Waals surface area contributed by atoms with Crippen LogP contribution in [0.2, 0.25) is 0 Å². The summed E-state index contributed by atoms with van der Waals surface area (Å²) in [7, 11) is 0. The first-order valence-electron chi connectivity index (χ1n) is 4.46. The molecule has 0 radical (unpaired) electrons. The van der Waals surface area contributed by atoms with Gasteiger partial charge in [0.05, 0.1) is 0 Å². The van der Waals surface area contributed by atoms with Crippen molar-refractivity contribution in [3.8, 4) is 0 Å². The highest BCUT2D eigenvalue weighted by atomic mass is 13.9. The maximum atomic E-state index is 2.37. The zero-order chi connectivity index (χ0) is 7.82. The Morgan fingerprint density at radius 3 is 2.40 bits per heavy atom. The van der Waals surface area contributed by atoms with Gasteiger partial charge in [-0.05, 0) is 26.2 Å². The van der Waals surface area contributed by atoms with Crippen LogP contribution in [0.1, 0.15) is 52.9 Å². The maximum absolute atomic E-state index is 2.37. The Bertz CT molecular complexity index is 90.2. The molecule has 0 heteroatoms. The van der Waals surface area contributed by atoms with Gasteiger partial charge in [0.1, 0.15) is 0 Å². The van der Waals surface area contributed by atoms with Crippen molar-refractivity contribution in [1.82, 2.24) is 0 Å². The first-order valence-corrected chi connectivity index (χ1v) is 4.46. The van der Waals surface area contributed by atoms with Crippen LogP contribution >= 0.6 is 0 Å². The van der Waals surface area contributed by atoms with Gasteiger partial charge in [-0.3, -0.25) is 0 Å². The molecule has 0 aliphatic rings. The minimum Gasteiger partial charge on any atom is -0.0856 e. The van der Waals surface area contributed by atoms with E-state index in [1.807, 2.05) is 0 Å². The summed E-state index contributed by atoms with van der Waals surface area (Å²) in [5.41, 5.74) is 1.54. The number of unbranched alkanes of at least 4 members (excludes halogenated alkanes) is 3. The lowest BCUT2D eigenvalue weighted by atomic mass is 10.1. The molecule has 0 aliphatic carbocycles. The van der Waals surface area contributed by atoms with E-state index in [1.165, 1.54) is 37.7 Å². The Kier molecular flexibility index (Phi) is 6.68. The molecule has 0 aliphatic heterocycles. The van der Waals surface area contributed by atoms with Crippen LogP contribution in [0, 0.1) is 0 Å². The van der Waals surface area contributed by atoms with Gasteiger partial charge < -0.3 is 0 Å². The fourth-order valence-corrected chi connectivity index (χ4v) is 0.887. The minimum atomic E-state index is 1.21. The average Bonchev–Trinajstić information content (AvgIpc) is 1.98. The lowest BCUT2D eigenvalue weighted by molar-refractivity contribution is 0.726. The zero-order valence-electron chi connectivity index (χ0n) is 7.61. The quantitative estimate of drug-likeness (QED) is 0.401. The van der Waals surface area contributed by atoms with Gasteiger partial charge in [-0.25, -0.2) is 0 Å². The van der Waals surface area contributed by atoms with Crippen molar-refractivity contribution in [2.75, 3.05) is 0 Å². The monoisotopic (exact) mass is 140 g/mol. The molecule has 0 heterocycles. The summed E-state index contributed by atoms with van der Waals surface area (Å²) in [6, 6.07) is 0. The second-order valence-electron chi connectivity index (χ2n) is 2.90. The Morgan fingerprint density at radius 1 is 1.20 bits per heavy atom. The van der Waals surface area contributed by atoms with Crippen LogP contribution in [0.5, 0.6) is 0 Å². The summed E-state index contributed by atoms with van der Waals surface area (Å²) in [6.07, 6.45) is 8.95. The number of allylic oxidation sites excluding steroid dienone is 2. The van der Waals surface area contributed by atoms with Crippen LogP contribution in [0.25, 0.3) is 0 Å². The van der Waals surface area contributed by atoms with Gasteiger partial charge >= 0.3 is 0 Å². The molecule has 0 amide bonds. The van der Waals surface area contributed by atoms with Crippen LogP contribution in [-0.4, -0.2) is 0 Å². The van der Waals surface area contributed by atoms with E-state index in [9.17, 15) is 0 Å². The lowest BCUT2D eigenvalue weighted by Gasteiger charge is -1.95. The third kappa shape index (κ3) is 5.87. The molecule has 0 fully saturated rings. The van der Waals surface area contributed by atoms with Gasteiger partial charge in [0.15, 0.2) is 0 Å². The van der Waals surface area contributed by atoms with Crippen molar-refractivity contribution in [2.24, 2.45) is 0 Å². The van der Waals surface area contributed by atoms with Gasteiger partial charge in [-0.1, -0.05) is 38.3 Å². The van der Waals surface area contributed by atoms with Crippen molar-refractivity contribution in [2.45, 2.75) is 52.9 Å². The van der Waals surface area contributed by atoms with Gasteiger partial charge in [-0.2, -0.15) is 0 Å². The van der Waals surface area contributed by atoms with Crippen molar-refractivity contribution in [3.63, 3.8) is 0 Å². The predicted molar refractivity (Wildman–Crippen MR) is 48.2 cm³/mol.